The second-order valence-electron chi connectivity index (χ2n) is 3.66. The van der Waals surface area contributed by atoms with E-state index in [1.54, 1.807) is 7.11 Å². The maximum absolute atomic E-state index is 6.04. The average molecular weight is 244 g/mol. The molecular formula is C11H18ClN3O. The second-order valence-corrected chi connectivity index (χ2v) is 4.07. The lowest BCUT2D eigenvalue weighted by atomic mass is 10.1. The fourth-order valence-corrected chi connectivity index (χ4v) is 1.70. The van der Waals surface area contributed by atoms with Crippen molar-refractivity contribution in [1.29, 1.82) is 0 Å². The van der Waals surface area contributed by atoms with E-state index in [0.717, 1.165) is 13.0 Å². The molecular weight excluding hydrogens is 226 g/mol. The third kappa shape index (κ3) is 3.98. The van der Waals surface area contributed by atoms with Gasteiger partial charge in [0.15, 0.2) is 0 Å². The third-order valence-electron chi connectivity index (χ3n) is 2.36. The molecule has 16 heavy (non-hydrogen) atoms. The lowest BCUT2D eigenvalue weighted by molar-refractivity contribution is 0.312. The fraction of sp³-hybridized carbons (Fsp3) is 0.455. The lowest BCUT2D eigenvalue weighted by Gasteiger charge is -2.15. The number of halogens is 1. The zero-order valence-corrected chi connectivity index (χ0v) is 10.4. The average Bonchev–Trinajstić information content (AvgIpc) is 2.27. The smallest absolute Gasteiger partial charge is 0.137 e. The first-order valence-electron chi connectivity index (χ1n) is 5.11. The standard InChI is InChI=1S/C11H18ClN3O/c1-15(8-14-13)6-5-9-3-4-11(16-2)10(12)7-9/h3-4,7,14H,5-6,8,13H2,1-2H3. The van der Waals surface area contributed by atoms with Crippen molar-refractivity contribution in [2.45, 2.75) is 6.42 Å². The van der Waals surface area contributed by atoms with Gasteiger partial charge in [-0.1, -0.05) is 17.7 Å². The van der Waals surface area contributed by atoms with Crippen LogP contribution in [-0.2, 0) is 6.42 Å². The van der Waals surface area contributed by atoms with Gasteiger partial charge in [-0.25, -0.2) is 5.43 Å². The van der Waals surface area contributed by atoms with Crippen molar-refractivity contribution in [2.24, 2.45) is 5.84 Å². The van der Waals surface area contributed by atoms with Crippen LogP contribution < -0.4 is 16.0 Å². The minimum atomic E-state index is 0.652. The van der Waals surface area contributed by atoms with Crippen LogP contribution >= 0.6 is 11.6 Å². The van der Waals surface area contributed by atoms with Crippen molar-refractivity contribution in [3.05, 3.63) is 28.8 Å². The number of nitrogens with two attached hydrogens (primary N) is 1. The molecule has 1 aromatic carbocycles. The van der Waals surface area contributed by atoms with E-state index in [2.05, 4.69) is 10.3 Å². The number of methoxy groups -OCH3 is 1. The molecule has 0 aliphatic heterocycles. The number of hydrogen-bond acceptors (Lipinski definition) is 4. The Kier molecular flexibility index (Phi) is 5.55. The highest BCUT2D eigenvalue weighted by Gasteiger charge is 2.03. The molecule has 0 radical (unpaired) electrons. The summed E-state index contributed by atoms with van der Waals surface area (Å²) in [5.74, 6) is 5.94. The summed E-state index contributed by atoms with van der Waals surface area (Å²) in [6, 6.07) is 5.84. The summed E-state index contributed by atoms with van der Waals surface area (Å²) in [5.41, 5.74) is 3.80. The van der Waals surface area contributed by atoms with Crippen LogP contribution in [0.2, 0.25) is 5.02 Å². The minimum Gasteiger partial charge on any atom is -0.495 e. The zero-order valence-electron chi connectivity index (χ0n) is 9.66. The van der Waals surface area contributed by atoms with Gasteiger partial charge in [-0.15, -0.1) is 0 Å². The van der Waals surface area contributed by atoms with Crippen LogP contribution in [-0.4, -0.2) is 32.3 Å². The lowest BCUT2D eigenvalue weighted by Crippen LogP contribution is -2.36. The normalized spacial score (nSPS) is 10.8. The van der Waals surface area contributed by atoms with Crippen LogP contribution in [0.5, 0.6) is 5.75 Å². The predicted octanol–water partition coefficient (Wildman–Crippen LogP) is 1.24. The number of hydrogen-bond donors (Lipinski definition) is 2. The summed E-state index contributed by atoms with van der Waals surface area (Å²) in [6.07, 6.45) is 0.932. The number of likely N-dealkylation sites (N-methyl/N-ethyl adjacent to an activating group) is 1. The fourth-order valence-electron chi connectivity index (χ4n) is 1.42. The third-order valence-corrected chi connectivity index (χ3v) is 2.65. The van der Waals surface area contributed by atoms with Crippen LogP contribution in [0.4, 0.5) is 0 Å². The van der Waals surface area contributed by atoms with Gasteiger partial charge in [0, 0.05) is 6.54 Å². The molecule has 0 heterocycles. The van der Waals surface area contributed by atoms with Crippen LogP contribution in [0, 0.1) is 0 Å². The maximum atomic E-state index is 6.04. The quantitative estimate of drug-likeness (QED) is 0.449. The van der Waals surface area contributed by atoms with Crippen LogP contribution in [0.3, 0.4) is 0 Å². The highest BCUT2D eigenvalue weighted by molar-refractivity contribution is 6.32. The van der Waals surface area contributed by atoms with Crippen molar-refractivity contribution < 1.29 is 4.74 Å². The molecule has 0 amide bonds. The molecule has 0 unspecified atom stereocenters. The summed E-state index contributed by atoms with van der Waals surface area (Å²) >= 11 is 6.04. The molecule has 0 saturated carbocycles. The van der Waals surface area contributed by atoms with Crippen molar-refractivity contribution in [1.82, 2.24) is 10.3 Å². The zero-order chi connectivity index (χ0) is 12.0. The van der Waals surface area contributed by atoms with Gasteiger partial charge in [-0.3, -0.25) is 10.7 Å². The van der Waals surface area contributed by atoms with E-state index in [9.17, 15) is 0 Å². The van der Waals surface area contributed by atoms with E-state index in [-0.39, 0.29) is 0 Å². The summed E-state index contributed by atoms with van der Waals surface area (Å²) in [6.45, 7) is 1.59. The number of nitrogens with zero attached hydrogens (tertiary/aromatic N) is 1. The van der Waals surface area contributed by atoms with Crippen molar-refractivity contribution in [3.8, 4) is 5.75 Å². The number of hydrazine groups is 1. The number of rotatable bonds is 6. The number of benzene rings is 1. The topological polar surface area (TPSA) is 50.5 Å². The summed E-state index contributed by atoms with van der Waals surface area (Å²) in [4.78, 5) is 2.10. The van der Waals surface area contributed by atoms with Gasteiger partial charge in [0.05, 0.1) is 18.8 Å². The van der Waals surface area contributed by atoms with E-state index in [0.29, 0.717) is 17.4 Å². The van der Waals surface area contributed by atoms with Gasteiger partial charge < -0.3 is 4.74 Å². The number of ether oxygens (including phenoxy) is 1. The molecule has 0 bridgehead atoms. The monoisotopic (exact) mass is 243 g/mol. The van der Waals surface area contributed by atoms with E-state index in [1.165, 1.54) is 5.56 Å². The minimum absolute atomic E-state index is 0.652. The second kappa shape index (κ2) is 6.70. The molecule has 0 aliphatic rings. The molecule has 1 aromatic rings. The Morgan fingerprint density at radius 3 is 2.81 bits per heavy atom. The van der Waals surface area contributed by atoms with Gasteiger partial charge in [0.2, 0.25) is 0 Å². The van der Waals surface area contributed by atoms with Crippen molar-refractivity contribution in [3.63, 3.8) is 0 Å². The Morgan fingerprint density at radius 2 is 2.25 bits per heavy atom. The Labute approximate surface area is 101 Å². The van der Waals surface area contributed by atoms with E-state index >= 15 is 0 Å². The highest BCUT2D eigenvalue weighted by atomic mass is 35.5. The Hall–Kier alpha value is -0.810. The Bertz CT molecular complexity index is 333. The largest absolute Gasteiger partial charge is 0.495 e. The van der Waals surface area contributed by atoms with Gasteiger partial charge in [0.25, 0.3) is 0 Å². The molecule has 3 N–H and O–H groups in total. The van der Waals surface area contributed by atoms with Crippen LogP contribution in [0.15, 0.2) is 18.2 Å². The van der Waals surface area contributed by atoms with Crippen LogP contribution in [0.25, 0.3) is 0 Å². The molecule has 0 spiro atoms. The molecule has 0 saturated heterocycles. The SMILES string of the molecule is COc1ccc(CCN(C)CNN)cc1Cl. The summed E-state index contributed by atoms with van der Waals surface area (Å²) < 4.78 is 5.10. The van der Waals surface area contributed by atoms with E-state index in [1.807, 2.05) is 25.2 Å². The molecule has 0 fully saturated rings. The van der Waals surface area contributed by atoms with Crippen molar-refractivity contribution >= 4 is 11.6 Å². The van der Waals surface area contributed by atoms with E-state index < -0.39 is 0 Å². The molecule has 0 aliphatic carbocycles. The summed E-state index contributed by atoms with van der Waals surface area (Å²) in [5, 5.41) is 0.652. The first-order valence-corrected chi connectivity index (χ1v) is 5.49. The van der Waals surface area contributed by atoms with Gasteiger partial charge in [0.1, 0.15) is 5.75 Å². The molecule has 4 nitrogen and oxygen atoms in total. The van der Waals surface area contributed by atoms with Crippen molar-refractivity contribution in [2.75, 3.05) is 27.4 Å². The van der Waals surface area contributed by atoms with Crippen LogP contribution in [0.1, 0.15) is 5.56 Å². The Balaban J connectivity index is 2.51. The molecule has 0 aromatic heterocycles. The first-order chi connectivity index (χ1) is 7.67. The molecule has 1 rings (SSSR count). The summed E-state index contributed by atoms with van der Waals surface area (Å²) in [7, 11) is 3.62. The first kappa shape index (κ1) is 13.3. The van der Waals surface area contributed by atoms with Gasteiger partial charge in [-0.05, 0) is 31.2 Å². The molecule has 90 valence electrons. The Morgan fingerprint density at radius 1 is 1.50 bits per heavy atom. The highest BCUT2D eigenvalue weighted by Crippen LogP contribution is 2.24. The predicted molar refractivity (Wildman–Crippen MR) is 66.5 cm³/mol. The molecule has 5 heteroatoms. The number of nitrogens with one attached hydrogen (secondary N) is 1. The van der Waals surface area contributed by atoms with E-state index in [4.69, 9.17) is 22.2 Å². The van der Waals surface area contributed by atoms with Gasteiger partial charge in [-0.2, -0.15) is 0 Å². The maximum Gasteiger partial charge on any atom is 0.137 e. The molecule has 0 atom stereocenters. The van der Waals surface area contributed by atoms with Gasteiger partial charge >= 0.3 is 0 Å².